The summed E-state index contributed by atoms with van der Waals surface area (Å²) in [5, 5.41) is 11.0. The van der Waals surface area contributed by atoms with Crippen molar-refractivity contribution in [1.82, 2.24) is 0 Å². The predicted molar refractivity (Wildman–Crippen MR) is 85.1 cm³/mol. The Morgan fingerprint density at radius 2 is 1.93 bits per heavy atom. The van der Waals surface area contributed by atoms with Crippen LogP contribution in [0.5, 0.6) is 0 Å². The van der Waals surface area contributed by atoms with E-state index in [0.29, 0.717) is 18.7 Å². The number of nitro benzene ring substituents is 1. The second-order valence-electron chi connectivity index (χ2n) is 4.74. The molecule has 152 valence electrons. The highest BCUT2D eigenvalue weighted by Crippen LogP contribution is 2.33. The van der Waals surface area contributed by atoms with Gasteiger partial charge in [-0.25, -0.2) is 8.42 Å². The molecule has 0 N–H and O–H groups in total. The Balaban J connectivity index is 3.07. The number of halogens is 3. The Bertz CT molecular complexity index is 838. The lowest BCUT2D eigenvalue weighted by Crippen LogP contribution is -2.23. The van der Waals surface area contributed by atoms with E-state index >= 15 is 0 Å². The van der Waals surface area contributed by atoms with Crippen molar-refractivity contribution in [2.45, 2.75) is 22.2 Å². The molecule has 0 saturated carbocycles. The van der Waals surface area contributed by atoms with Gasteiger partial charge >= 0.3 is 11.5 Å². The minimum atomic E-state index is -5.82. The predicted octanol–water partition coefficient (Wildman–Crippen LogP) is 1.58. The molecular formula is C13H14F3NO8S2. The van der Waals surface area contributed by atoms with Gasteiger partial charge in [0.1, 0.15) is 17.3 Å². The van der Waals surface area contributed by atoms with Gasteiger partial charge in [-0.2, -0.15) is 13.2 Å². The van der Waals surface area contributed by atoms with Gasteiger partial charge in [0.15, 0.2) is 0 Å². The topological polar surface area (TPSA) is 130 Å². The third-order valence-electron chi connectivity index (χ3n) is 2.93. The third-order valence-corrected chi connectivity index (χ3v) is 5.75. The number of esters is 1. The van der Waals surface area contributed by atoms with Crippen LogP contribution in [0.2, 0.25) is 0 Å². The number of ether oxygens (including phenoxy) is 2. The van der Waals surface area contributed by atoms with Crippen LogP contribution in [0.25, 0.3) is 0 Å². The van der Waals surface area contributed by atoms with Crippen molar-refractivity contribution in [2.24, 2.45) is 0 Å². The summed E-state index contributed by atoms with van der Waals surface area (Å²) in [4.78, 5) is 19.4. The first-order chi connectivity index (χ1) is 12.4. The van der Waals surface area contributed by atoms with E-state index in [1.54, 1.807) is 6.92 Å². The average Bonchev–Trinajstić information content (AvgIpc) is 2.57. The van der Waals surface area contributed by atoms with Crippen molar-refractivity contribution < 1.29 is 45.0 Å². The number of sulfone groups is 1. The summed E-state index contributed by atoms with van der Waals surface area (Å²) < 4.78 is 82.1. The number of hydrogen-bond donors (Lipinski definition) is 0. The molecule has 0 saturated heterocycles. The van der Waals surface area contributed by atoms with Crippen molar-refractivity contribution >= 4 is 32.3 Å². The number of nitrogens with zero attached hydrogens (tertiary/aromatic N) is 1. The fourth-order valence-electron chi connectivity index (χ4n) is 1.72. The minimum Gasteiger partial charge on any atom is -0.463 e. The van der Waals surface area contributed by atoms with Crippen molar-refractivity contribution in [3.05, 3.63) is 28.3 Å². The zero-order valence-electron chi connectivity index (χ0n) is 13.7. The second kappa shape index (κ2) is 9.23. The maximum absolute atomic E-state index is 12.6. The van der Waals surface area contributed by atoms with E-state index in [1.807, 2.05) is 0 Å². The molecule has 1 unspecified atom stereocenters. The van der Waals surface area contributed by atoms with E-state index in [1.165, 1.54) is 0 Å². The molecule has 0 heterocycles. The molecule has 0 aromatic heterocycles. The first kappa shape index (κ1) is 23.0. The summed E-state index contributed by atoms with van der Waals surface area (Å²) in [5.41, 5.74) is -6.79. The molecule has 27 heavy (non-hydrogen) atoms. The maximum Gasteiger partial charge on any atom is 0.501 e. The van der Waals surface area contributed by atoms with Gasteiger partial charge in [-0.05, 0) is 19.1 Å². The van der Waals surface area contributed by atoms with Crippen LogP contribution in [0, 0.1) is 10.1 Å². The zero-order chi connectivity index (χ0) is 20.8. The molecule has 0 bridgehead atoms. The normalized spacial score (nSPS) is 13.2. The van der Waals surface area contributed by atoms with E-state index in [2.05, 4.69) is 4.74 Å². The number of nitro groups is 1. The van der Waals surface area contributed by atoms with Crippen LogP contribution >= 0.6 is 0 Å². The first-order valence-corrected chi connectivity index (χ1v) is 9.93. The standard InChI is InChI=1S/C13H14F3NO8S2/c1-2-24-5-6-25-12(18)8-26(21)11-4-3-9(7-10(11)17(19)20)27(22,23)13(14,15)16/h3-4,7H,2,5-6,8H2,1H3. The molecule has 0 aliphatic heterocycles. The third kappa shape index (κ3) is 5.97. The van der Waals surface area contributed by atoms with Crippen LogP contribution < -0.4 is 0 Å². The number of alkyl halides is 3. The number of carbonyl (C=O) groups is 1. The second-order valence-corrected chi connectivity index (χ2v) is 8.10. The largest absolute Gasteiger partial charge is 0.501 e. The molecule has 0 aliphatic rings. The van der Waals surface area contributed by atoms with Crippen LogP contribution in [0.15, 0.2) is 28.0 Å². The Labute approximate surface area is 154 Å². The van der Waals surface area contributed by atoms with Crippen molar-refractivity contribution in [2.75, 3.05) is 25.6 Å². The summed E-state index contributed by atoms with van der Waals surface area (Å²) in [5.74, 6) is -1.78. The summed E-state index contributed by atoms with van der Waals surface area (Å²) in [6, 6.07) is 1.18. The quantitative estimate of drug-likeness (QED) is 0.248. The van der Waals surface area contributed by atoms with Gasteiger partial charge in [0.05, 0.1) is 27.2 Å². The van der Waals surface area contributed by atoms with E-state index in [4.69, 9.17) is 4.74 Å². The highest BCUT2D eigenvalue weighted by molar-refractivity contribution is 7.92. The van der Waals surface area contributed by atoms with E-state index in [-0.39, 0.29) is 19.3 Å². The lowest BCUT2D eigenvalue weighted by atomic mass is 10.3. The van der Waals surface area contributed by atoms with Crippen molar-refractivity contribution in [3.8, 4) is 0 Å². The van der Waals surface area contributed by atoms with E-state index in [0.717, 1.165) is 0 Å². The zero-order valence-corrected chi connectivity index (χ0v) is 15.4. The van der Waals surface area contributed by atoms with Crippen LogP contribution in [0.4, 0.5) is 18.9 Å². The van der Waals surface area contributed by atoms with Gasteiger partial charge in [0.25, 0.3) is 15.5 Å². The van der Waals surface area contributed by atoms with Crippen molar-refractivity contribution in [1.29, 1.82) is 0 Å². The monoisotopic (exact) mass is 433 g/mol. The highest BCUT2D eigenvalue weighted by atomic mass is 32.2. The molecule has 1 rings (SSSR count). The van der Waals surface area contributed by atoms with Gasteiger partial charge in [-0.1, -0.05) is 0 Å². The molecular weight excluding hydrogens is 419 g/mol. The number of benzene rings is 1. The molecule has 1 aromatic rings. The minimum absolute atomic E-state index is 0.0824. The van der Waals surface area contributed by atoms with Crippen LogP contribution in [-0.4, -0.2) is 54.6 Å². The fraction of sp³-hybridized carbons (Fsp3) is 0.462. The molecule has 0 radical (unpaired) electrons. The Morgan fingerprint density at radius 1 is 1.30 bits per heavy atom. The van der Waals surface area contributed by atoms with Crippen LogP contribution in [0.1, 0.15) is 6.92 Å². The first-order valence-electron chi connectivity index (χ1n) is 7.13. The molecule has 1 atom stereocenters. The number of carbonyl (C=O) groups excluding carboxylic acids is 1. The molecule has 0 aliphatic carbocycles. The highest BCUT2D eigenvalue weighted by Gasteiger charge is 2.47. The Morgan fingerprint density at radius 3 is 2.44 bits per heavy atom. The number of hydrogen-bond acceptors (Lipinski definition) is 8. The molecule has 1 aromatic carbocycles. The summed E-state index contributed by atoms with van der Waals surface area (Å²) in [7, 11) is -8.17. The average molecular weight is 433 g/mol. The Kier molecular flexibility index (Phi) is 7.86. The fourth-order valence-corrected chi connectivity index (χ4v) is 3.54. The van der Waals surface area contributed by atoms with E-state index in [9.17, 15) is 40.7 Å². The molecule has 14 heteroatoms. The summed E-state index contributed by atoms with van der Waals surface area (Å²) in [6.07, 6.45) is 0. The molecule has 0 amide bonds. The van der Waals surface area contributed by atoms with Crippen molar-refractivity contribution in [3.63, 3.8) is 0 Å². The smallest absolute Gasteiger partial charge is 0.463 e. The van der Waals surface area contributed by atoms with E-state index < -0.39 is 58.3 Å². The van der Waals surface area contributed by atoms with Gasteiger partial charge < -0.3 is 9.47 Å². The van der Waals surface area contributed by atoms with Gasteiger partial charge in [0.2, 0.25) is 0 Å². The Hall–Kier alpha value is -2.06. The SMILES string of the molecule is CCOCCOC(=O)CS(=O)c1ccc(S(=O)(=O)C(F)(F)F)cc1[N+](=O)[O-]. The van der Waals surface area contributed by atoms with Crippen LogP contribution in [0.3, 0.4) is 0 Å². The molecule has 9 nitrogen and oxygen atoms in total. The summed E-state index contributed by atoms with van der Waals surface area (Å²) >= 11 is 0. The number of rotatable bonds is 9. The lowest BCUT2D eigenvalue weighted by Gasteiger charge is -2.09. The van der Waals surface area contributed by atoms with Gasteiger partial charge in [0, 0.05) is 12.7 Å². The maximum atomic E-state index is 12.6. The molecule has 0 spiro atoms. The van der Waals surface area contributed by atoms with Gasteiger partial charge in [-0.3, -0.25) is 19.1 Å². The summed E-state index contributed by atoms with van der Waals surface area (Å²) in [6.45, 7) is 2.02. The molecule has 0 fully saturated rings. The van der Waals surface area contributed by atoms with Crippen LogP contribution in [-0.2, 0) is 34.9 Å². The van der Waals surface area contributed by atoms with Gasteiger partial charge in [-0.15, -0.1) is 0 Å². The lowest BCUT2D eigenvalue weighted by molar-refractivity contribution is -0.388.